The average molecular weight is 529 g/mol. The molecule has 0 spiro atoms. The highest BCUT2D eigenvalue weighted by Crippen LogP contribution is 2.31. The number of halogens is 2. The highest BCUT2D eigenvalue weighted by Gasteiger charge is 2.31. The number of carbonyl (C=O) groups excluding carboxylic acids is 2. The molecular weight excluding hydrogens is 497 g/mol. The van der Waals surface area contributed by atoms with Crippen LogP contribution in [0.1, 0.15) is 38.3 Å². The van der Waals surface area contributed by atoms with Crippen molar-refractivity contribution < 1.29 is 18.0 Å². The van der Waals surface area contributed by atoms with E-state index in [2.05, 4.69) is 5.32 Å². The van der Waals surface area contributed by atoms with Gasteiger partial charge in [0.25, 0.3) is 0 Å². The molecule has 2 aromatic rings. The standard InChI is InChI=1S/C24H31Cl2N3O4S/c1-6-17(3)27-24(31)18(4)28(14-19-9-7-16(2)8-10-19)23(30)15-29(34(5,32)33)22-13-20(25)11-12-21(22)26/h7-13,17-18H,6,14-15H2,1-5H3,(H,27,31)/t17-,18-/m1/s1. The van der Waals surface area contributed by atoms with Gasteiger partial charge in [0.05, 0.1) is 17.0 Å². The summed E-state index contributed by atoms with van der Waals surface area (Å²) in [6, 6.07) is 11.1. The van der Waals surface area contributed by atoms with Crippen LogP contribution >= 0.6 is 23.2 Å². The SMILES string of the molecule is CC[C@@H](C)NC(=O)[C@@H](C)N(Cc1ccc(C)cc1)C(=O)CN(c1cc(Cl)ccc1Cl)S(C)(=O)=O. The summed E-state index contributed by atoms with van der Waals surface area (Å²) in [5.74, 6) is -0.865. The summed E-state index contributed by atoms with van der Waals surface area (Å²) >= 11 is 12.3. The van der Waals surface area contributed by atoms with Crippen LogP contribution in [0.3, 0.4) is 0 Å². The molecule has 34 heavy (non-hydrogen) atoms. The first-order valence-electron chi connectivity index (χ1n) is 10.9. The third-order valence-corrected chi connectivity index (χ3v) is 7.18. The van der Waals surface area contributed by atoms with Crippen molar-refractivity contribution in [3.05, 3.63) is 63.6 Å². The predicted molar refractivity (Wildman–Crippen MR) is 138 cm³/mol. The van der Waals surface area contributed by atoms with Gasteiger partial charge in [0.15, 0.2) is 0 Å². The van der Waals surface area contributed by atoms with Crippen LogP contribution in [0.2, 0.25) is 10.0 Å². The lowest BCUT2D eigenvalue weighted by Crippen LogP contribution is -2.52. The molecule has 0 heterocycles. The summed E-state index contributed by atoms with van der Waals surface area (Å²) in [5.41, 5.74) is 1.97. The minimum atomic E-state index is -3.89. The number of hydrogen-bond donors (Lipinski definition) is 1. The molecule has 2 rings (SSSR count). The van der Waals surface area contributed by atoms with Crippen molar-refractivity contribution in [3.8, 4) is 0 Å². The fraction of sp³-hybridized carbons (Fsp3) is 0.417. The first-order valence-corrected chi connectivity index (χ1v) is 13.5. The normalized spacial score (nSPS) is 13.1. The Morgan fingerprint density at radius 2 is 1.68 bits per heavy atom. The number of amides is 2. The average Bonchev–Trinajstić information content (AvgIpc) is 2.77. The van der Waals surface area contributed by atoms with Crippen LogP contribution in [0.15, 0.2) is 42.5 Å². The van der Waals surface area contributed by atoms with Crippen LogP contribution in [-0.2, 0) is 26.2 Å². The summed E-state index contributed by atoms with van der Waals surface area (Å²) in [5, 5.41) is 3.30. The molecule has 186 valence electrons. The molecule has 0 aliphatic heterocycles. The third kappa shape index (κ3) is 7.61. The number of nitrogens with one attached hydrogen (secondary N) is 1. The van der Waals surface area contributed by atoms with Gasteiger partial charge in [0, 0.05) is 17.6 Å². The highest BCUT2D eigenvalue weighted by molar-refractivity contribution is 7.92. The number of hydrogen-bond acceptors (Lipinski definition) is 4. The number of benzene rings is 2. The van der Waals surface area contributed by atoms with Crippen molar-refractivity contribution >= 4 is 50.7 Å². The number of anilines is 1. The van der Waals surface area contributed by atoms with Crippen molar-refractivity contribution in [2.45, 2.75) is 52.7 Å². The van der Waals surface area contributed by atoms with E-state index in [-0.39, 0.29) is 34.2 Å². The van der Waals surface area contributed by atoms with Crippen molar-refractivity contribution in [2.24, 2.45) is 0 Å². The summed E-state index contributed by atoms with van der Waals surface area (Å²) < 4.78 is 26.1. The number of rotatable bonds is 10. The molecule has 2 aromatic carbocycles. The van der Waals surface area contributed by atoms with Crippen LogP contribution in [0.5, 0.6) is 0 Å². The lowest BCUT2D eigenvalue weighted by atomic mass is 10.1. The lowest BCUT2D eigenvalue weighted by molar-refractivity contribution is -0.139. The molecule has 0 aromatic heterocycles. The molecular formula is C24H31Cl2N3O4S. The molecule has 0 bridgehead atoms. The Morgan fingerprint density at radius 1 is 1.06 bits per heavy atom. The molecule has 0 radical (unpaired) electrons. The smallest absolute Gasteiger partial charge is 0.244 e. The van der Waals surface area contributed by atoms with E-state index in [1.54, 1.807) is 6.92 Å². The van der Waals surface area contributed by atoms with E-state index in [0.29, 0.717) is 0 Å². The van der Waals surface area contributed by atoms with Gasteiger partial charge in [-0.1, -0.05) is 60.0 Å². The molecule has 0 aliphatic carbocycles. The summed E-state index contributed by atoms with van der Waals surface area (Å²) in [4.78, 5) is 27.8. The quantitative estimate of drug-likeness (QED) is 0.495. The van der Waals surface area contributed by atoms with E-state index in [1.807, 2.05) is 45.0 Å². The Hall–Kier alpha value is -2.29. The Balaban J connectivity index is 2.42. The molecule has 0 saturated heterocycles. The van der Waals surface area contributed by atoms with Gasteiger partial charge < -0.3 is 10.2 Å². The number of nitrogens with zero attached hydrogens (tertiary/aromatic N) is 2. The third-order valence-electron chi connectivity index (χ3n) is 5.50. The zero-order chi connectivity index (χ0) is 25.6. The maximum absolute atomic E-state index is 13.5. The topological polar surface area (TPSA) is 86.8 Å². The highest BCUT2D eigenvalue weighted by atomic mass is 35.5. The number of carbonyl (C=O) groups is 2. The van der Waals surface area contributed by atoms with Gasteiger partial charge in [-0.2, -0.15) is 0 Å². The minimum Gasteiger partial charge on any atom is -0.352 e. The second kappa shape index (κ2) is 11.9. The van der Waals surface area contributed by atoms with Crippen molar-refractivity contribution in [3.63, 3.8) is 0 Å². The molecule has 10 heteroatoms. The molecule has 7 nitrogen and oxygen atoms in total. The second-order valence-corrected chi connectivity index (χ2v) is 11.1. The first-order chi connectivity index (χ1) is 15.8. The van der Waals surface area contributed by atoms with Gasteiger partial charge in [-0.3, -0.25) is 13.9 Å². The summed E-state index contributed by atoms with van der Waals surface area (Å²) in [6.45, 7) is 7.00. The summed E-state index contributed by atoms with van der Waals surface area (Å²) in [7, 11) is -3.89. The fourth-order valence-corrected chi connectivity index (χ4v) is 4.50. The maximum atomic E-state index is 13.5. The largest absolute Gasteiger partial charge is 0.352 e. The molecule has 2 amide bonds. The van der Waals surface area contributed by atoms with Crippen LogP contribution in [0, 0.1) is 6.92 Å². The van der Waals surface area contributed by atoms with Crippen molar-refractivity contribution in [1.29, 1.82) is 0 Å². The summed E-state index contributed by atoms with van der Waals surface area (Å²) in [6.07, 6.45) is 1.72. The zero-order valence-electron chi connectivity index (χ0n) is 20.0. The van der Waals surface area contributed by atoms with Gasteiger partial charge in [0.2, 0.25) is 21.8 Å². The molecule has 0 unspecified atom stereocenters. The van der Waals surface area contributed by atoms with Crippen LogP contribution in [0.4, 0.5) is 5.69 Å². The second-order valence-electron chi connectivity index (χ2n) is 8.37. The Labute approximate surface area is 212 Å². The van der Waals surface area contributed by atoms with Gasteiger partial charge in [-0.25, -0.2) is 8.42 Å². The maximum Gasteiger partial charge on any atom is 0.244 e. The van der Waals surface area contributed by atoms with Gasteiger partial charge >= 0.3 is 0 Å². The van der Waals surface area contributed by atoms with E-state index in [4.69, 9.17) is 23.2 Å². The van der Waals surface area contributed by atoms with Crippen LogP contribution in [-0.4, -0.2) is 50.0 Å². The van der Waals surface area contributed by atoms with E-state index in [1.165, 1.54) is 23.1 Å². The van der Waals surface area contributed by atoms with Crippen LogP contribution in [0.25, 0.3) is 0 Å². The fourth-order valence-electron chi connectivity index (χ4n) is 3.21. The predicted octanol–water partition coefficient (Wildman–Crippen LogP) is 4.40. The molecule has 0 aliphatic rings. The van der Waals surface area contributed by atoms with Crippen molar-refractivity contribution in [1.82, 2.24) is 10.2 Å². The van der Waals surface area contributed by atoms with E-state index < -0.39 is 28.5 Å². The van der Waals surface area contributed by atoms with Gasteiger partial charge in [0.1, 0.15) is 12.6 Å². The first kappa shape index (κ1) is 28.0. The molecule has 0 saturated carbocycles. The van der Waals surface area contributed by atoms with E-state index in [9.17, 15) is 18.0 Å². The molecule has 2 atom stereocenters. The van der Waals surface area contributed by atoms with Crippen LogP contribution < -0.4 is 9.62 Å². The monoisotopic (exact) mass is 527 g/mol. The Morgan fingerprint density at radius 3 is 2.24 bits per heavy atom. The van der Waals surface area contributed by atoms with Crippen molar-refractivity contribution in [2.75, 3.05) is 17.1 Å². The molecule has 1 N–H and O–H groups in total. The lowest BCUT2D eigenvalue weighted by Gasteiger charge is -2.32. The van der Waals surface area contributed by atoms with E-state index >= 15 is 0 Å². The van der Waals surface area contributed by atoms with E-state index in [0.717, 1.165) is 28.1 Å². The number of sulfonamides is 1. The number of aryl methyl sites for hydroxylation is 1. The Bertz CT molecular complexity index is 1120. The Kier molecular flexibility index (Phi) is 9.79. The van der Waals surface area contributed by atoms with Gasteiger partial charge in [-0.05, 0) is 51.0 Å². The van der Waals surface area contributed by atoms with Gasteiger partial charge in [-0.15, -0.1) is 0 Å². The minimum absolute atomic E-state index is 0.0657. The zero-order valence-corrected chi connectivity index (χ0v) is 22.3. The molecule has 0 fully saturated rings.